The predicted molar refractivity (Wildman–Crippen MR) is 98.2 cm³/mol. The molecule has 2 aromatic carbocycles. The second-order valence-electron chi connectivity index (χ2n) is 5.84. The van der Waals surface area contributed by atoms with Crippen molar-refractivity contribution in [3.05, 3.63) is 88.5 Å². The minimum Gasteiger partial charge on any atom is -0.477 e. The van der Waals surface area contributed by atoms with Crippen molar-refractivity contribution in [1.29, 1.82) is 0 Å². The third-order valence-electron chi connectivity index (χ3n) is 3.86. The molecule has 1 heterocycles. The number of imidazole rings is 1. The van der Waals surface area contributed by atoms with Crippen molar-refractivity contribution in [2.75, 3.05) is 6.61 Å². The standard InChI is InChI=1S/C19H18N4O4/c24-19(13-27-18-4-2-1-3-17(18)23(25)26)21-11-15-5-7-16(8-6-15)12-22-10-9-20-14-22/h1-10,14H,11-13H2,(H,21,24). The van der Waals surface area contributed by atoms with Gasteiger partial charge in [0, 0.05) is 31.5 Å². The van der Waals surface area contributed by atoms with Crippen LogP contribution >= 0.6 is 0 Å². The summed E-state index contributed by atoms with van der Waals surface area (Å²) in [5.41, 5.74) is 1.91. The molecule has 27 heavy (non-hydrogen) atoms. The number of aromatic nitrogens is 2. The molecule has 1 N–H and O–H groups in total. The molecule has 1 aromatic heterocycles. The van der Waals surface area contributed by atoms with Gasteiger partial charge in [-0.05, 0) is 17.2 Å². The van der Waals surface area contributed by atoms with E-state index in [2.05, 4.69) is 10.3 Å². The normalized spacial score (nSPS) is 10.4. The second kappa shape index (κ2) is 8.61. The van der Waals surface area contributed by atoms with Crippen LogP contribution in [0.1, 0.15) is 11.1 Å². The molecule has 0 atom stereocenters. The quantitative estimate of drug-likeness (QED) is 0.488. The number of amides is 1. The van der Waals surface area contributed by atoms with Gasteiger partial charge in [-0.25, -0.2) is 4.98 Å². The summed E-state index contributed by atoms with van der Waals surface area (Å²) < 4.78 is 7.23. The van der Waals surface area contributed by atoms with E-state index in [1.54, 1.807) is 24.7 Å². The molecule has 1 amide bonds. The van der Waals surface area contributed by atoms with Crippen LogP contribution in [0.15, 0.2) is 67.3 Å². The Labute approximate surface area is 155 Å². The largest absolute Gasteiger partial charge is 0.477 e. The van der Waals surface area contributed by atoms with Crippen molar-refractivity contribution < 1.29 is 14.5 Å². The van der Waals surface area contributed by atoms with Gasteiger partial charge in [-0.1, -0.05) is 36.4 Å². The van der Waals surface area contributed by atoms with E-state index in [1.165, 1.54) is 12.1 Å². The van der Waals surface area contributed by atoms with Crippen LogP contribution < -0.4 is 10.1 Å². The highest BCUT2D eigenvalue weighted by molar-refractivity contribution is 5.77. The first kappa shape index (κ1) is 18.1. The lowest BCUT2D eigenvalue weighted by Gasteiger charge is -2.09. The van der Waals surface area contributed by atoms with Gasteiger partial charge in [0.05, 0.1) is 11.3 Å². The molecule has 3 rings (SSSR count). The van der Waals surface area contributed by atoms with E-state index in [0.717, 1.165) is 17.7 Å². The molecule has 8 nitrogen and oxygen atoms in total. The van der Waals surface area contributed by atoms with Gasteiger partial charge in [0.2, 0.25) is 0 Å². The summed E-state index contributed by atoms with van der Waals surface area (Å²) in [6, 6.07) is 13.8. The summed E-state index contributed by atoms with van der Waals surface area (Å²) >= 11 is 0. The number of ether oxygens (including phenoxy) is 1. The topological polar surface area (TPSA) is 99.3 Å². The molecule has 0 bridgehead atoms. The molecule has 8 heteroatoms. The van der Waals surface area contributed by atoms with Crippen molar-refractivity contribution in [1.82, 2.24) is 14.9 Å². The van der Waals surface area contributed by atoms with E-state index in [-0.39, 0.29) is 24.0 Å². The number of carbonyl (C=O) groups excluding carboxylic acids is 1. The number of nitro groups is 1. The van der Waals surface area contributed by atoms with Crippen LogP contribution in [0.4, 0.5) is 5.69 Å². The fourth-order valence-electron chi connectivity index (χ4n) is 2.48. The lowest BCUT2D eigenvalue weighted by Crippen LogP contribution is -2.28. The summed E-state index contributed by atoms with van der Waals surface area (Å²) in [7, 11) is 0. The van der Waals surface area contributed by atoms with Crippen LogP contribution in [0.25, 0.3) is 0 Å². The van der Waals surface area contributed by atoms with Gasteiger partial charge in [-0.3, -0.25) is 14.9 Å². The van der Waals surface area contributed by atoms with Crippen molar-refractivity contribution in [2.45, 2.75) is 13.1 Å². The monoisotopic (exact) mass is 366 g/mol. The molecule has 0 radical (unpaired) electrons. The minimum atomic E-state index is -0.543. The highest BCUT2D eigenvalue weighted by Gasteiger charge is 2.14. The number of hydrogen-bond acceptors (Lipinski definition) is 5. The Bertz CT molecular complexity index is 908. The molecular weight excluding hydrogens is 348 g/mol. The molecule has 0 saturated carbocycles. The second-order valence-corrected chi connectivity index (χ2v) is 5.84. The van der Waals surface area contributed by atoms with Crippen LogP contribution in [0.3, 0.4) is 0 Å². The first-order chi connectivity index (χ1) is 13.1. The van der Waals surface area contributed by atoms with Gasteiger partial charge < -0.3 is 14.6 Å². The predicted octanol–water partition coefficient (Wildman–Crippen LogP) is 2.53. The Morgan fingerprint density at radius 1 is 1.15 bits per heavy atom. The van der Waals surface area contributed by atoms with Crippen molar-refractivity contribution in [3.8, 4) is 5.75 Å². The Morgan fingerprint density at radius 3 is 2.59 bits per heavy atom. The van der Waals surface area contributed by atoms with Gasteiger partial charge in [0.15, 0.2) is 12.4 Å². The Kier molecular flexibility index (Phi) is 5.78. The third kappa shape index (κ3) is 5.15. The van der Waals surface area contributed by atoms with E-state index < -0.39 is 4.92 Å². The Hall–Kier alpha value is -3.68. The number of nitro benzene ring substituents is 1. The molecule has 0 unspecified atom stereocenters. The number of nitrogens with zero attached hydrogens (tertiary/aromatic N) is 3. The zero-order valence-electron chi connectivity index (χ0n) is 14.4. The molecule has 0 saturated heterocycles. The maximum Gasteiger partial charge on any atom is 0.310 e. The number of carbonyl (C=O) groups is 1. The average Bonchev–Trinajstić information content (AvgIpc) is 3.19. The lowest BCUT2D eigenvalue weighted by atomic mass is 10.1. The number of para-hydroxylation sites is 2. The van der Waals surface area contributed by atoms with E-state index in [0.29, 0.717) is 6.54 Å². The molecule has 0 spiro atoms. The summed E-state index contributed by atoms with van der Waals surface area (Å²) in [4.78, 5) is 26.3. The van der Waals surface area contributed by atoms with Crippen molar-refractivity contribution >= 4 is 11.6 Å². The van der Waals surface area contributed by atoms with Gasteiger partial charge in [-0.15, -0.1) is 0 Å². The molecule has 0 aliphatic heterocycles. The van der Waals surface area contributed by atoms with Crippen molar-refractivity contribution in [3.63, 3.8) is 0 Å². The zero-order valence-corrected chi connectivity index (χ0v) is 14.4. The summed E-state index contributed by atoms with van der Waals surface area (Å²) in [5.74, 6) is -0.280. The minimum absolute atomic E-state index is 0.0708. The highest BCUT2D eigenvalue weighted by Crippen LogP contribution is 2.25. The van der Waals surface area contributed by atoms with Crippen LogP contribution in [0.2, 0.25) is 0 Å². The van der Waals surface area contributed by atoms with Gasteiger partial charge in [0.1, 0.15) is 0 Å². The Morgan fingerprint density at radius 2 is 1.89 bits per heavy atom. The van der Waals surface area contributed by atoms with E-state index in [9.17, 15) is 14.9 Å². The zero-order chi connectivity index (χ0) is 19.1. The van der Waals surface area contributed by atoms with Crippen LogP contribution in [0, 0.1) is 10.1 Å². The molecule has 138 valence electrons. The smallest absolute Gasteiger partial charge is 0.310 e. The number of rotatable bonds is 8. The van der Waals surface area contributed by atoms with Crippen molar-refractivity contribution in [2.24, 2.45) is 0 Å². The maximum absolute atomic E-state index is 11.9. The molecule has 0 aliphatic carbocycles. The third-order valence-corrected chi connectivity index (χ3v) is 3.86. The average molecular weight is 366 g/mol. The molecule has 0 aliphatic rings. The van der Waals surface area contributed by atoms with E-state index in [4.69, 9.17) is 4.74 Å². The molecule has 3 aromatic rings. The maximum atomic E-state index is 11.9. The van der Waals surface area contributed by atoms with Crippen LogP contribution in [0.5, 0.6) is 5.75 Å². The highest BCUT2D eigenvalue weighted by atomic mass is 16.6. The fourth-order valence-corrected chi connectivity index (χ4v) is 2.48. The van der Waals surface area contributed by atoms with E-state index >= 15 is 0 Å². The first-order valence-electron chi connectivity index (χ1n) is 8.28. The van der Waals surface area contributed by atoms with Crippen LogP contribution in [-0.4, -0.2) is 27.0 Å². The Balaban J connectivity index is 1.47. The number of benzene rings is 2. The number of hydrogen-bond donors (Lipinski definition) is 1. The van der Waals surface area contributed by atoms with Gasteiger partial charge in [0.25, 0.3) is 5.91 Å². The lowest BCUT2D eigenvalue weighted by molar-refractivity contribution is -0.385. The van der Waals surface area contributed by atoms with Gasteiger partial charge >= 0.3 is 5.69 Å². The van der Waals surface area contributed by atoms with Gasteiger partial charge in [-0.2, -0.15) is 0 Å². The SMILES string of the molecule is O=C(COc1ccccc1[N+](=O)[O-])NCc1ccc(Cn2ccnc2)cc1. The van der Waals surface area contributed by atoms with Crippen LogP contribution in [-0.2, 0) is 17.9 Å². The first-order valence-corrected chi connectivity index (χ1v) is 8.28. The fraction of sp³-hybridized carbons (Fsp3) is 0.158. The summed E-state index contributed by atoms with van der Waals surface area (Å²) in [5, 5.41) is 13.7. The summed E-state index contributed by atoms with van der Waals surface area (Å²) in [6.07, 6.45) is 5.38. The molecular formula is C19H18N4O4. The number of nitrogens with one attached hydrogen (secondary N) is 1. The summed E-state index contributed by atoms with van der Waals surface area (Å²) in [6.45, 7) is 0.796. The molecule has 0 fully saturated rings. The van der Waals surface area contributed by atoms with E-state index in [1.807, 2.05) is 35.0 Å².